The van der Waals surface area contributed by atoms with E-state index in [1.165, 1.54) is 44.3 Å². The van der Waals surface area contributed by atoms with Crippen molar-refractivity contribution in [2.24, 2.45) is 0 Å². The van der Waals surface area contributed by atoms with Gasteiger partial charge in [-0.25, -0.2) is 9.18 Å². The van der Waals surface area contributed by atoms with Gasteiger partial charge in [-0.05, 0) is 31.2 Å². The van der Waals surface area contributed by atoms with Gasteiger partial charge in [0.15, 0.2) is 6.10 Å². The number of anilines is 2. The molecule has 2 aromatic rings. The van der Waals surface area contributed by atoms with E-state index in [1.54, 1.807) is 0 Å². The highest BCUT2D eigenvalue weighted by molar-refractivity contribution is 6.00. The lowest BCUT2D eigenvalue weighted by Gasteiger charge is -2.15. The highest BCUT2D eigenvalue weighted by Gasteiger charge is 2.23. The van der Waals surface area contributed by atoms with Crippen LogP contribution in [0.2, 0.25) is 0 Å². The number of nitrogens with one attached hydrogen (secondary N) is 2. The molecule has 0 unspecified atom stereocenters. The third-order valence-corrected chi connectivity index (χ3v) is 3.45. The third kappa shape index (κ3) is 4.53. The summed E-state index contributed by atoms with van der Waals surface area (Å²) < 4.78 is 18.2. The summed E-state index contributed by atoms with van der Waals surface area (Å²) in [6.45, 7) is 1.34. The van der Waals surface area contributed by atoms with Gasteiger partial charge in [-0.1, -0.05) is 6.07 Å². The Hall–Kier alpha value is -3.49. The molecule has 0 bridgehead atoms. The number of benzene rings is 2. The Morgan fingerprint density at radius 3 is 2.58 bits per heavy atom. The average Bonchev–Trinajstić information content (AvgIpc) is 2.60. The van der Waals surface area contributed by atoms with Crippen LogP contribution in [0.1, 0.15) is 17.3 Å². The number of hydrogen-bond donors (Lipinski definition) is 2. The summed E-state index contributed by atoms with van der Waals surface area (Å²) in [7, 11) is 1.54. The van der Waals surface area contributed by atoms with E-state index in [0.717, 1.165) is 12.1 Å². The molecule has 8 nitrogen and oxygen atoms in total. The van der Waals surface area contributed by atoms with Crippen LogP contribution >= 0.6 is 0 Å². The number of nitrogens with zero attached hydrogens (tertiary/aromatic N) is 1. The van der Waals surface area contributed by atoms with Crippen LogP contribution in [0.5, 0.6) is 0 Å². The maximum atomic E-state index is 13.1. The number of carbonyl (C=O) groups excluding carboxylic acids is 2. The summed E-state index contributed by atoms with van der Waals surface area (Å²) in [4.78, 5) is 34.6. The molecule has 0 saturated heterocycles. The van der Waals surface area contributed by atoms with E-state index in [1.807, 2.05) is 0 Å². The first-order valence-corrected chi connectivity index (χ1v) is 7.55. The minimum absolute atomic E-state index is 0.0768. The molecule has 2 rings (SSSR count). The van der Waals surface area contributed by atoms with Crippen molar-refractivity contribution in [1.82, 2.24) is 0 Å². The first-order chi connectivity index (χ1) is 12.3. The van der Waals surface area contributed by atoms with Gasteiger partial charge < -0.3 is 15.4 Å². The third-order valence-electron chi connectivity index (χ3n) is 3.45. The number of non-ortho nitro benzene ring substituents is 1. The van der Waals surface area contributed by atoms with Crippen molar-refractivity contribution >= 4 is 28.9 Å². The second kappa shape index (κ2) is 8.06. The normalized spacial score (nSPS) is 11.3. The number of hydrogen-bond acceptors (Lipinski definition) is 6. The largest absolute Gasteiger partial charge is 0.449 e. The first kappa shape index (κ1) is 18.8. The molecule has 0 saturated carbocycles. The fourth-order valence-electron chi connectivity index (χ4n) is 2.12. The molecule has 9 heteroatoms. The molecule has 0 aliphatic heterocycles. The van der Waals surface area contributed by atoms with Gasteiger partial charge in [-0.3, -0.25) is 14.9 Å². The quantitative estimate of drug-likeness (QED) is 0.465. The van der Waals surface area contributed by atoms with Crippen LogP contribution in [0.3, 0.4) is 0 Å². The Morgan fingerprint density at radius 1 is 1.23 bits per heavy atom. The van der Waals surface area contributed by atoms with E-state index in [4.69, 9.17) is 4.74 Å². The Kier molecular flexibility index (Phi) is 5.84. The predicted molar refractivity (Wildman–Crippen MR) is 92.6 cm³/mol. The molecule has 0 radical (unpaired) electrons. The van der Waals surface area contributed by atoms with Crippen LogP contribution in [0.15, 0.2) is 42.5 Å². The molecule has 2 aromatic carbocycles. The van der Waals surface area contributed by atoms with Crippen molar-refractivity contribution in [3.8, 4) is 0 Å². The van der Waals surface area contributed by atoms with Gasteiger partial charge in [0.2, 0.25) is 0 Å². The lowest BCUT2D eigenvalue weighted by Crippen LogP contribution is -2.30. The number of ether oxygens (including phenoxy) is 1. The van der Waals surface area contributed by atoms with E-state index < -0.39 is 28.7 Å². The molecule has 1 atom stereocenters. The lowest BCUT2D eigenvalue weighted by molar-refractivity contribution is -0.384. The SMILES string of the molecule is CNc1ccc([N+](=O)[O-])cc1C(=O)O[C@@H](C)C(=O)Nc1cccc(F)c1. The number of halogens is 1. The molecular formula is C17H16FN3O5. The second-order valence-corrected chi connectivity index (χ2v) is 5.28. The van der Waals surface area contributed by atoms with Crippen LogP contribution in [0, 0.1) is 15.9 Å². The van der Waals surface area contributed by atoms with E-state index in [2.05, 4.69) is 10.6 Å². The minimum atomic E-state index is -1.20. The predicted octanol–water partition coefficient (Wildman–Crippen LogP) is 2.96. The molecule has 2 N–H and O–H groups in total. The molecule has 26 heavy (non-hydrogen) atoms. The van der Waals surface area contributed by atoms with Crippen LogP contribution in [0.25, 0.3) is 0 Å². The van der Waals surface area contributed by atoms with E-state index in [9.17, 15) is 24.1 Å². The van der Waals surface area contributed by atoms with E-state index in [-0.39, 0.29) is 16.9 Å². The van der Waals surface area contributed by atoms with Gasteiger partial charge in [-0.2, -0.15) is 0 Å². The zero-order valence-corrected chi connectivity index (χ0v) is 14.0. The summed E-state index contributed by atoms with van der Waals surface area (Å²) in [5, 5.41) is 16.0. The maximum Gasteiger partial charge on any atom is 0.341 e. The zero-order valence-electron chi connectivity index (χ0n) is 14.0. The number of nitro groups is 1. The molecule has 0 aliphatic carbocycles. The van der Waals surface area contributed by atoms with Gasteiger partial charge in [0.25, 0.3) is 11.6 Å². The van der Waals surface area contributed by atoms with Gasteiger partial charge >= 0.3 is 5.97 Å². The van der Waals surface area contributed by atoms with Gasteiger partial charge in [0.05, 0.1) is 10.5 Å². The molecule has 0 fully saturated rings. The minimum Gasteiger partial charge on any atom is -0.449 e. The van der Waals surface area contributed by atoms with Gasteiger partial charge in [-0.15, -0.1) is 0 Å². The number of carbonyl (C=O) groups is 2. The topological polar surface area (TPSA) is 111 Å². The van der Waals surface area contributed by atoms with Crippen LogP contribution < -0.4 is 10.6 Å². The van der Waals surface area contributed by atoms with E-state index >= 15 is 0 Å². The Balaban J connectivity index is 2.12. The highest BCUT2D eigenvalue weighted by atomic mass is 19.1. The number of rotatable bonds is 6. The number of esters is 1. The molecule has 136 valence electrons. The van der Waals surface area contributed by atoms with Crippen molar-refractivity contribution < 1.29 is 23.6 Å². The van der Waals surface area contributed by atoms with E-state index in [0.29, 0.717) is 5.69 Å². The van der Waals surface area contributed by atoms with Gasteiger partial charge in [0, 0.05) is 30.6 Å². The second-order valence-electron chi connectivity index (χ2n) is 5.28. The molecule has 0 heterocycles. The number of nitro benzene ring substituents is 1. The van der Waals surface area contributed by atoms with Crippen molar-refractivity contribution in [3.63, 3.8) is 0 Å². The average molecular weight is 361 g/mol. The van der Waals surface area contributed by atoms with Crippen molar-refractivity contribution in [2.75, 3.05) is 17.7 Å². The lowest BCUT2D eigenvalue weighted by atomic mass is 10.1. The molecule has 0 aliphatic rings. The van der Waals surface area contributed by atoms with Crippen LogP contribution in [-0.2, 0) is 9.53 Å². The Bertz CT molecular complexity index is 856. The van der Waals surface area contributed by atoms with Crippen molar-refractivity contribution in [3.05, 3.63) is 64.0 Å². The number of amides is 1. The summed E-state index contributed by atoms with van der Waals surface area (Å²) in [6, 6.07) is 8.91. The summed E-state index contributed by atoms with van der Waals surface area (Å²) in [5.74, 6) is -2.09. The fourth-order valence-corrected chi connectivity index (χ4v) is 2.12. The summed E-state index contributed by atoms with van der Waals surface area (Å²) in [6.07, 6.45) is -1.20. The molecule has 1 amide bonds. The monoisotopic (exact) mass is 361 g/mol. The summed E-state index contributed by atoms with van der Waals surface area (Å²) >= 11 is 0. The van der Waals surface area contributed by atoms with Crippen LogP contribution in [0.4, 0.5) is 21.5 Å². The smallest absolute Gasteiger partial charge is 0.341 e. The Labute approximate surface area is 148 Å². The Morgan fingerprint density at radius 2 is 1.96 bits per heavy atom. The fraction of sp³-hybridized carbons (Fsp3) is 0.176. The van der Waals surface area contributed by atoms with Gasteiger partial charge in [0.1, 0.15) is 5.82 Å². The molecular weight excluding hydrogens is 345 g/mol. The van der Waals surface area contributed by atoms with Crippen molar-refractivity contribution in [2.45, 2.75) is 13.0 Å². The molecule has 0 aromatic heterocycles. The highest BCUT2D eigenvalue weighted by Crippen LogP contribution is 2.23. The van der Waals surface area contributed by atoms with Crippen LogP contribution in [-0.4, -0.2) is 30.0 Å². The van der Waals surface area contributed by atoms with Crippen molar-refractivity contribution in [1.29, 1.82) is 0 Å². The summed E-state index contributed by atoms with van der Waals surface area (Å²) in [5.41, 5.74) is 0.169. The molecule has 0 spiro atoms. The maximum absolute atomic E-state index is 13.1. The standard InChI is InChI=1S/C17H16FN3O5/c1-10(16(22)20-12-5-3-4-11(18)8-12)26-17(23)14-9-13(21(24)25)6-7-15(14)19-2/h3-10,19H,1-2H3,(H,20,22)/t10-/m0/s1. The first-order valence-electron chi connectivity index (χ1n) is 7.55. The zero-order chi connectivity index (χ0) is 19.3.